The lowest BCUT2D eigenvalue weighted by atomic mass is 9.80. The van der Waals surface area contributed by atoms with Crippen LogP contribution in [-0.4, -0.2) is 29.7 Å². The summed E-state index contributed by atoms with van der Waals surface area (Å²) in [6.07, 6.45) is 7.36. The van der Waals surface area contributed by atoms with E-state index in [9.17, 15) is 4.79 Å². The summed E-state index contributed by atoms with van der Waals surface area (Å²) >= 11 is 1.87. The quantitative estimate of drug-likeness (QED) is 0.624. The molecule has 1 N–H and O–H groups in total. The van der Waals surface area contributed by atoms with E-state index in [2.05, 4.69) is 25.2 Å². The number of thioether (sulfide) groups is 1. The normalized spacial score (nSPS) is 31.8. The minimum absolute atomic E-state index is 0.0913. The van der Waals surface area contributed by atoms with Crippen molar-refractivity contribution in [2.45, 2.75) is 57.9 Å². The minimum atomic E-state index is -0.106. The van der Waals surface area contributed by atoms with Gasteiger partial charge in [-0.2, -0.15) is 0 Å². The van der Waals surface area contributed by atoms with Gasteiger partial charge in [-0.1, -0.05) is 18.6 Å². The van der Waals surface area contributed by atoms with Crippen LogP contribution in [0.3, 0.4) is 0 Å². The van der Waals surface area contributed by atoms with Gasteiger partial charge in [-0.15, -0.1) is 11.8 Å². The van der Waals surface area contributed by atoms with E-state index in [4.69, 9.17) is 4.74 Å². The molecule has 2 aliphatic rings. The number of rotatable bonds is 5. The number of carbonyl (C=O) groups excluding carboxylic acids is 1. The molecule has 0 amide bonds. The van der Waals surface area contributed by atoms with Gasteiger partial charge in [0, 0.05) is 5.75 Å². The second kappa shape index (κ2) is 7.51. The summed E-state index contributed by atoms with van der Waals surface area (Å²) in [5.41, 5.74) is 1.55. The van der Waals surface area contributed by atoms with Gasteiger partial charge < -0.3 is 4.74 Å². The van der Waals surface area contributed by atoms with Gasteiger partial charge in [0.1, 0.15) is 6.04 Å². The van der Waals surface area contributed by atoms with Crippen LogP contribution in [0, 0.1) is 11.8 Å². The van der Waals surface area contributed by atoms with Crippen LogP contribution < -0.4 is 5.32 Å². The van der Waals surface area contributed by atoms with Crippen LogP contribution in [0.5, 0.6) is 0 Å². The summed E-state index contributed by atoms with van der Waals surface area (Å²) in [5.74, 6) is 2.28. The molecule has 0 saturated carbocycles. The third-order valence-electron chi connectivity index (χ3n) is 4.49. The number of carbonyl (C=O) groups is 1. The minimum Gasteiger partial charge on any atom is -0.465 e. The lowest BCUT2D eigenvalue weighted by Gasteiger charge is -2.28. The van der Waals surface area contributed by atoms with E-state index in [0.717, 1.165) is 18.1 Å². The molecular formula is C16H27NO2S. The maximum absolute atomic E-state index is 11.7. The first-order valence-corrected chi connectivity index (χ1v) is 8.85. The van der Waals surface area contributed by atoms with Crippen LogP contribution in [0.15, 0.2) is 11.6 Å². The van der Waals surface area contributed by atoms with Crippen molar-refractivity contribution in [1.82, 2.24) is 5.32 Å². The Balaban J connectivity index is 1.76. The standard InChI is InChI=1S/C16H27NO2S/c1-4-19-16(18)14-10-20-15(17-14)9-12(3)13-7-5-11(2)6-8-13/h5,12-15,17H,4,6-10H2,1-3H3. The fourth-order valence-electron chi connectivity index (χ4n) is 3.08. The van der Waals surface area contributed by atoms with Crippen molar-refractivity contribution in [1.29, 1.82) is 0 Å². The van der Waals surface area contributed by atoms with Gasteiger partial charge in [-0.25, -0.2) is 0 Å². The van der Waals surface area contributed by atoms with Gasteiger partial charge in [-0.3, -0.25) is 10.1 Å². The van der Waals surface area contributed by atoms with Gasteiger partial charge >= 0.3 is 5.97 Å². The van der Waals surface area contributed by atoms with Crippen LogP contribution in [0.4, 0.5) is 0 Å². The molecule has 1 aliphatic heterocycles. The molecule has 0 bridgehead atoms. The van der Waals surface area contributed by atoms with E-state index in [0.29, 0.717) is 17.9 Å². The number of nitrogens with one attached hydrogen (secondary N) is 1. The molecule has 114 valence electrons. The average Bonchev–Trinajstić information content (AvgIpc) is 2.88. The number of allylic oxidation sites excluding steroid dienone is 2. The maximum atomic E-state index is 11.7. The van der Waals surface area contributed by atoms with Gasteiger partial charge in [0.15, 0.2) is 0 Å². The second-order valence-corrected chi connectivity index (χ2v) is 7.33. The molecule has 4 heteroatoms. The fourth-order valence-corrected chi connectivity index (χ4v) is 4.44. The van der Waals surface area contributed by atoms with E-state index in [1.807, 2.05) is 18.7 Å². The Labute approximate surface area is 126 Å². The smallest absolute Gasteiger partial charge is 0.324 e. The molecule has 0 aromatic rings. The Morgan fingerprint density at radius 1 is 1.60 bits per heavy atom. The van der Waals surface area contributed by atoms with Crippen LogP contribution in [0.1, 0.15) is 46.5 Å². The predicted octanol–water partition coefficient (Wildman–Crippen LogP) is 3.35. The summed E-state index contributed by atoms with van der Waals surface area (Å²) < 4.78 is 5.08. The molecular weight excluding hydrogens is 270 g/mol. The number of esters is 1. The molecule has 20 heavy (non-hydrogen) atoms. The van der Waals surface area contributed by atoms with Crippen LogP contribution in [-0.2, 0) is 9.53 Å². The van der Waals surface area contributed by atoms with E-state index in [1.54, 1.807) is 5.57 Å². The highest BCUT2D eigenvalue weighted by Gasteiger charge is 2.32. The van der Waals surface area contributed by atoms with E-state index < -0.39 is 0 Å². The van der Waals surface area contributed by atoms with Gasteiger partial charge in [0.05, 0.1) is 12.0 Å². The third kappa shape index (κ3) is 4.26. The van der Waals surface area contributed by atoms with E-state index in [1.165, 1.54) is 19.3 Å². The Kier molecular flexibility index (Phi) is 5.97. The molecule has 3 nitrogen and oxygen atoms in total. The Bertz CT molecular complexity index is 369. The summed E-state index contributed by atoms with van der Waals surface area (Å²) in [5, 5.41) is 3.84. The molecule has 4 unspecified atom stereocenters. The SMILES string of the molecule is CCOC(=O)C1CSC(CC(C)C2CC=C(C)CC2)N1. The summed E-state index contributed by atoms with van der Waals surface area (Å²) in [6.45, 7) is 6.92. The van der Waals surface area contributed by atoms with Crippen LogP contribution in [0.2, 0.25) is 0 Å². The van der Waals surface area contributed by atoms with Crippen molar-refractivity contribution in [3.05, 3.63) is 11.6 Å². The largest absolute Gasteiger partial charge is 0.465 e. The molecule has 1 fully saturated rings. The predicted molar refractivity (Wildman–Crippen MR) is 84.7 cm³/mol. The average molecular weight is 297 g/mol. The van der Waals surface area contributed by atoms with E-state index in [-0.39, 0.29) is 12.0 Å². The second-order valence-electron chi connectivity index (χ2n) is 6.09. The zero-order valence-electron chi connectivity index (χ0n) is 12.9. The molecule has 1 saturated heterocycles. The molecule has 0 aromatic carbocycles. The molecule has 0 spiro atoms. The van der Waals surface area contributed by atoms with Gasteiger partial charge in [0.2, 0.25) is 0 Å². The number of hydrogen-bond acceptors (Lipinski definition) is 4. The van der Waals surface area contributed by atoms with Crippen LogP contribution >= 0.6 is 11.8 Å². The summed E-state index contributed by atoms with van der Waals surface area (Å²) in [6, 6.07) is -0.106. The molecule has 1 heterocycles. The molecule has 1 aliphatic carbocycles. The molecule has 0 aromatic heterocycles. The highest BCUT2D eigenvalue weighted by Crippen LogP contribution is 2.34. The lowest BCUT2D eigenvalue weighted by molar-refractivity contribution is -0.144. The first kappa shape index (κ1) is 15.9. The number of ether oxygens (including phenoxy) is 1. The number of hydrogen-bond donors (Lipinski definition) is 1. The zero-order chi connectivity index (χ0) is 14.5. The van der Waals surface area contributed by atoms with Crippen molar-refractivity contribution < 1.29 is 9.53 Å². The molecule has 0 radical (unpaired) electrons. The van der Waals surface area contributed by atoms with E-state index >= 15 is 0 Å². The first-order chi connectivity index (χ1) is 9.60. The Morgan fingerprint density at radius 2 is 2.40 bits per heavy atom. The Hall–Kier alpha value is -0.480. The van der Waals surface area contributed by atoms with Crippen molar-refractivity contribution in [3.8, 4) is 0 Å². The van der Waals surface area contributed by atoms with Crippen molar-refractivity contribution in [2.24, 2.45) is 11.8 Å². The Morgan fingerprint density at radius 3 is 3.05 bits per heavy atom. The molecule has 2 rings (SSSR count). The van der Waals surface area contributed by atoms with Crippen molar-refractivity contribution >= 4 is 17.7 Å². The monoisotopic (exact) mass is 297 g/mol. The summed E-state index contributed by atoms with van der Waals surface area (Å²) in [4.78, 5) is 11.7. The van der Waals surface area contributed by atoms with Crippen molar-refractivity contribution in [2.75, 3.05) is 12.4 Å². The first-order valence-electron chi connectivity index (χ1n) is 7.80. The van der Waals surface area contributed by atoms with Gasteiger partial charge in [-0.05, 0) is 51.4 Å². The topological polar surface area (TPSA) is 38.3 Å². The van der Waals surface area contributed by atoms with Crippen LogP contribution in [0.25, 0.3) is 0 Å². The summed E-state index contributed by atoms with van der Waals surface area (Å²) in [7, 11) is 0. The van der Waals surface area contributed by atoms with Gasteiger partial charge in [0.25, 0.3) is 0 Å². The fraction of sp³-hybridized carbons (Fsp3) is 0.812. The highest BCUT2D eigenvalue weighted by atomic mass is 32.2. The highest BCUT2D eigenvalue weighted by molar-refractivity contribution is 8.00. The van der Waals surface area contributed by atoms with Crippen molar-refractivity contribution in [3.63, 3.8) is 0 Å². The lowest BCUT2D eigenvalue weighted by Crippen LogP contribution is -2.38. The zero-order valence-corrected chi connectivity index (χ0v) is 13.7. The third-order valence-corrected chi connectivity index (χ3v) is 5.75. The molecule has 4 atom stereocenters. The maximum Gasteiger partial charge on any atom is 0.324 e.